The molecule has 1 radical (unpaired) electrons. The number of terminal acetylenes is 1. The van der Waals surface area contributed by atoms with Crippen molar-refractivity contribution in [2.45, 2.75) is 6.92 Å². The number of nitrogens with zero attached hydrogens (tertiary/aromatic N) is 3. The summed E-state index contributed by atoms with van der Waals surface area (Å²) in [7, 11) is 0. The molecule has 1 rings (SSSR count). The molecule has 0 aliphatic rings. The fourth-order valence-electron chi connectivity index (χ4n) is 2.68. The maximum atomic E-state index is 8.99. The van der Waals surface area contributed by atoms with Gasteiger partial charge in [0, 0.05) is 114 Å². The van der Waals surface area contributed by atoms with Gasteiger partial charge in [-0.2, -0.15) is 0 Å². The molecule has 0 saturated carbocycles. The van der Waals surface area contributed by atoms with Gasteiger partial charge in [-0.3, -0.25) is 5.92 Å². The number of likely N-dealkylation sites (N-methyl/N-ethyl adjacent to an activating group) is 1. The van der Waals surface area contributed by atoms with Crippen molar-refractivity contribution < 1.29 is 23.7 Å². The fourth-order valence-corrected chi connectivity index (χ4v) is 2.68. The molecular formula is C50H18N3OV-. The molecule has 4 nitrogen and oxygen atoms in total. The first-order chi connectivity index (χ1) is 26.7. The van der Waals surface area contributed by atoms with Crippen LogP contribution in [0, 0.1) is 220 Å². The molecule has 1 N–H and O–H groups in total. The molecule has 0 aromatic heterocycles. The molecule has 0 spiro atoms. The van der Waals surface area contributed by atoms with Crippen LogP contribution in [-0.4, -0.2) is 24.8 Å². The van der Waals surface area contributed by atoms with Crippen molar-refractivity contribution in [2.75, 3.05) is 24.6 Å². The first-order valence-corrected chi connectivity index (χ1v) is 14.7. The Bertz CT molecular complexity index is 2630. The predicted octanol–water partition coefficient (Wildman–Crippen LogP) is 3.10. The average Bonchev–Trinajstić information content (AvgIpc) is 3.20. The first-order valence-electron chi connectivity index (χ1n) is 14.7. The van der Waals surface area contributed by atoms with E-state index >= 15 is 0 Å². The number of hydrogen-bond donors (Lipinski definition) is 1. The zero-order valence-electron chi connectivity index (χ0n) is 29.0. The van der Waals surface area contributed by atoms with Crippen molar-refractivity contribution in [1.29, 1.82) is 5.26 Å². The van der Waals surface area contributed by atoms with Crippen LogP contribution in [0.4, 0.5) is 5.69 Å². The van der Waals surface area contributed by atoms with E-state index in [4.69, 9.17) is 29.8 Å². The number of aliphatic hydroxyl groups is 1. The van der Waals surface area contributed by atoms with Gasteiger partial charge in [0.2, 0.25) is 0 Å². The molecule has 245 valence electrons. The number of anilines is 1. The largest absolute Gasteiger partial charge is 0.395 e. The number of allylic oxidation sites excluding steroid dienone is 3. The molecule has 0 aliphatic heterocycles. The van der Waals surface area contributed by atoms with Crippen molar-refractivity contribution >= 4 is 11.8 Å². The predicted molar refractivity (Wildman–Crippen MR) is 213 cm³/mol. The van der Waals surface area contributed by atoms with E-state index in [1.165, 1.54) is 6.08 Å². The third-order valence-electron chi connectivity index (χ3n) is 4.73. The Morgan fingerprint density at radius 3 is 1.27 bits per heavy atom. The number of aliphatic hydroxyl groups excluding tert-OH is 1. The number of benzene rings is 1. The summed E-state index contributed by atoms with van der Waals surface area (Å²) in [4.78, 5) is 5.16. The zero-order chi connectivity index (χ0) is 39.4. The Morgan fingerprint density at radius 2 is 1.00 bits per heavy atom. The van der Waals surface area contributed by atoms with Crippen molar-refractivity contribution in [3.63, 3.8) is 0 Å². The van der Waals surface area contributed by atoms with E-state index in [1.54, 1.807) is 6.08 Å². The molecule has 0 heterocycles. The number of nitriles is 1. The minimum Gasteiger partial charge on any atom is -0.395 e. The van der Waals surface area contributed by atoms with Crippen LogP contribution in [0.5, 0.6) is 0 Å². The number of rotatable bonds is 6. The maximum Gasteiger partial charge on any atom is 0.261 e. The van der Waals surface area contributed by atoms with Crippen LogP contribution in [0.25, 0.3) is 10.9 Å². The van der Waals surface area contributed by atoms with Gasteiger partial charge in [-0.1, -0.05) is 24.3 Å². The SMILES string of the molecule is [C-]#CC#CC#CC#CC#CC#CC#CC#CC#CC#CC#CC#CC#CC#CC#CC#CC#C.[C-]#[N+]/C(C#N)=C\C=C\c1ccc(N(CC)CCO)cc1.[V]. The summed E-state index contributed by atoms with van der Waals surface area (Å²) in [5, 5.41) is 17.6. The molecule has 0 amide bonds. The van der Waals surface area contributed by atoms with Gasteiger partial charge < -0.3 is 16.4 Å². The van der Waals surface area contributed by atoms with E-state index < -0.39 is 0 Å². The Morgan fingerprint density at radius 1 is 0.655 bits per heavy atom. The molecule has 0 bridgehead atoms. The molecule has 0 fully saturated rings. The van der Waals surface area contributed by atoms with Crippen LogP contribution in [0.2, 0.25) is 0 Å². The third kappa shape index (κ3) is 31.6. The Labute approximate surface area is 338 Å². The Kier molecular flexibility index (Phi) is 33.8. The standard InChI is InChI=1S/C34H.C16H17N3O.V/c1-3-5-7-9-11-13-15-17-19-21-23-25-27-29-31-33-34-32-30-28-26-24-22-20-18-16-14-12-10-8-6-4-2;1-3-19(11-12-20)16-9-7-14(8-10-16)5-4-6-15(13-17)18-2;/h1H;4-10,20H,3,11-12H2,1H3;/q-1;;/b;5-4+,15-6-;. The molecular weight excluding hydrogens is 710 g/mol. The van der Waals surface area contributed by atoms with Crippen molar-refractivity contribution in [3.8, 4) is 202 Å². The van der Waals surface area contributed by atoms with Gasteiger partial charge in [-0.25, -0.2) is 16.0 Å². The topological polar surface area (TPSA) is 51.6 Å². The molecule has 0 unspecified atom stereocenters. The Hall–Kier alpha value is -9.46. The first kappa shape index (κ1) is 47.7. The second-order valence-corrected chi connectivity index (χ2v) is 8.05. The van der Waals surface area contributed by atoms with E-state index in [0.717, 1.165) is 17.8 Å². The summed E-state index contributed by atoms with van der Waals surface area (Å²) < 4.78 is 0. The maximum absolute atomic E-state index is 8.99. The third-order valence-corrected chi connectivity index (χ3v) is 4.73. The molecule has 55 heavy (non-hydrogen) atoms. The normalized spacial score (nSPS) is 6.40. The molecule has 0 atom stereocenters. The summed E-state index contributed by atoms with van der Waals surface area (Å²) in [6.07, 6.45) is 16.5. The van der Waals surface area contributed by atoms with Gasteiger partial charge in [0.15, 0.2) is 0 Å². The number of hydrogen-bond acceptors (Lipinski definition) is 3. The minimum atomic E-state index is 0. The molecule has 5 heteroatoms. The second-order valence-electron chi connectivity index (χ2n) is 8.05. The fraction of sp³-hybridized carbons (Fsp3) is 0.0800. The quantitative estimate of drug-likeness (QED) is 0.212. The minimum absolute atomic E-state index is 0. The van der Waals surface area contributed by atoms with E-state index in [9.17, 15) is 0 Å². The van der Waals surface area contributed by atoms with Gasteiger partial charge >= 0.3 is 0 Å². The van der Waals surface area contributed by atoms with E-state index in [-0.39, 0.29) is 30.9 Å². The smallest absolute Gasteiger partial charge is 0.261 e. The van der Waals surface area contributed by atoms with Crippen LogP contribution in [0.15, 0.2) is 42.1 Å². The molecule has 0 saturated heterocycles. The molecule has 1 aromatic carbocycles. The van der Waals surface area contributed by atoms with Gasteiger partial charge in [0.25, 0.3) is 5.70 Å². The van der Waals surface area contributed by atoms with Crippen LogP contribution in [0.1, 0.15) is 12.5 Å². The average molecular weight is 728 g/mol. The van der Waals surface area contributed by atoms with Gasteiger partial charge in [0.1, 0.15) is 0 Å². The van der Waals surface area contributed by atoms with Gasteiger partial charge in [-0.05, 0) is 125 Å². The summed E-state index contributed by atoms with van der Waals surface area (Å²) in [6.45, 7) is 10.4. The van der Waals surface area contributed by atoms with E-state index in [2.05, 4.69) is 193 Å². The summed E-state index contributed by atoms with van der Waals surface area (Å²) in [5.41, 5.74) is 2.12. The molecule has 0 aliphatic carbocycles. The van der Waals surface area contributed by atoms with E-state index in [0.29, 0.717) is 6.54 Å². The van der Waals surface area contributed by atoms with E-state index in [1.807, 2.05) is 49.3 Å². The van der Waals surface area contributed by atoms with Crippen molar-refractivity contribution in [3.05, 3.63) is 65.5 Å². The zero-order valence-corrected chi connectivity index (χ0v) is 30.4. The summed E-state index contributed by atoms with van der Waals surface area (Å²) in [5.74, 6) is 77.5. The van der Waals surface area contributed by atoms with Crippen LogP contribution in [-0.2, 0) is 18.6 Å². The second kappa shape index (κ2) is 39.0. The van der Waals surface area contributed by atoms with Crippen LogP contribution < -0.4 is 4.90 Å². The summed E-state index contributed by atoms with van der Waals surface area (Å²) in [6, 6.07) is 9.71. The van der Waals surface area contributed by atoms with Crippen LogP contribution >= 0.6 is 0 Å². The van der Waals surface area contributed by atoms with Gasteiger partial charge in [-0.15, -0.1) is 12.3 Å². The molecule has 1 aromatic rings. The summed E-state index contributed by atoms with van der Waals surface area (Å²) >= 11 is 0. The monoisotopic (exact) mass is 727 g/mol. The Balaban J connectivity index is 0. The van der Waals surface area contributed by atoms with Gasteiger partial charge in [0.05, 0.1) is 19.2 Å². The van der Waals surface area contributed by atoms with Crippen molar-refractivity contribution in [1.82, 2.24) is 0 Å². The van der Waals surface area contributed by atoms with Crippen molar-refractivity contribution in [2.24, 2.45) is 0 Å². The van der Waals surface area contributed by atoms with Crippen LogP contribution in [0.3, 0.4) is 0 Å².